The molecule has 0 spiro atoms. The van der Waals surface area contributed by atoms with E-state index < -0.39 is 0 Å². The first kappa shape index (κ1) is 16.7. The van der Waals surface area contributed by atoms with Gasteiger partial charge in [0, 0.05) is 5.56 Å². The van der Waals surface area contributed by atoms with Crippen molar-refractivity contribution in [2.75, 3.05) is 0 Å². The Labute approximate surface area is 147 Å². The zero-order chi connectivity index (χ0) is 17.3. The van der Waals surface area contributed by atoms with Crippen LogP contribution in [0.3, 0.4) is 0 Å². The number of rotatable bonds is 3. The fourth-order valence-corrected chi connectivity index (χ4v) is 2.34. The molecule has 0 aliphatic heterocycles. The van der Waals surface area contributed by atoms with Gasteiger partial charge in [0.15, 0.2) is 5.78 Å². The molecule has 3 aromatic carbocycles. The summed E-state index contributed by atoms with van der Waals surface area (Å²) in [7, 11) is 1.70. The third-order valence-electron chi connectivity index (χ3n) is 3.65. The predicted molar refractivity (Wildman–Crippen MR) is 104 cm³/mol. The molecule has 0 N–H and O–H groups in total. The number of para-hydroxylation sites is 1. The SMILES string of the molecule is O=C(C=Cc1ccccc1)c1ccccc1.b1cc2ccccc2o1. The first-order valence-corrected chi connectivity index (χ1v) is 8.08. The molecule has 0 bridgehead atoms. The first-order chi connectivity index (χ1) is 12.3. The fourth-order valence-electron chi connectivity index (χ4n) is 2.34. The molecule has 4 aromatic rings. The quantitative estimate of drug-likeness (QED) is 0.375. The standard InChI is InChI=1S/C15H12O.C7H5BO/c16-15(14-9-5-2-6-10-14)12-11-13-7-3-1-4-8-13;1-2-4-7-6(3-1)5-8-9-7/h1-12H;1-5H. The van der Waals surface area contributed by atoms with E-state index in [4.69, 9.17) is 4.33 Å². The van der Waals surface area contributed by atoms with Crippen LogP contribution in [0.1, 0.15) is 15.9 Å². The summed E-state index contributed by atoms with van der Waals surface area (Å²) in [5.41, 5.74) is 2.71. The van der Waals surface area contributed by atoms with Crippen molar-refractivity contribution in [2.45, 2.75) is 0 Å². The Morgan fingerprint density at radius 2 is 1.44 bits per heavy atom. The van der Waals surface area contributed by atoms with Gasteiger partial charge in [0.05, 0.1) is 0 Å². The van der Waals surface area contributed by atoms with Gasteiger partial charge in [-0.2, -0.15) is 0 Å². The Balaban J connectivity index is 0.000000170. The molecule has 4 rings (SSSR count). The van der Waals surface area contributed by atoms with Gasteiger partial charge in [-0.05, 0) is 11.6 Å². The third-order valence-corrected chi connectivity index (χ3v) is 3.65. The Kier molecular flexibility index (Phi) is 5.73. The second kappa shape index (κ2) is 8.60. The third kappa shape index (κ3) is 4.89. The summed E-state index contributed by atoms with van der Waals surface area (Å²) < 4.78 is 5.12. The van der Waals surface area contributed by atoms with Gasteiger partial charge in [0.1, 0.15) is 0 Å². The van der Waals surface area contributed by atoms with Crippen molar-refractivity contribution in [3.63, 3.8) is 0 Å². The summed E-state index contributed by atoms with van der Waals surface area (Å²) in [6, 6.07) is 27.0. The van der Waals surface area contributed by atoms with Crippen molar-refractivity contribution in [1.82, 2.24) is 0 Å². The van der Waals surface area contributed by atoms with Crippen LogP contribution < -0.4 is 0 Å². The minimum absolute atomic E-state index is 0.0319. The molecule has 0 saturated heterocycles. The van der Waals surface area contributed by atoms with Crippen molar-refractivity contribution in [3.8, 4) is 0 Å². The molecule has 2 nitrogen and oxygen atoms in total. The van der Waals surface area contributed by atoms with Gasteiger partial charge in [-0.1, -0.05) is 66.7 Å². The monoisotopic (exact) mass is 324 g/mol. The Bertz CT molecular complexity index is 927. The van der Waals surface area contributed by atoms with Crippen LogP contribution in [-0.4, -0.2) is 12.9 Å². The van der Waals surface area contributed by atoms with Crippen LogP contribution in [0.4, 0.5) is 0 Å². The molecule has 0 aliphatic carbocycles. The molecule has 0 aliphatic rings. The maximum atomic E-state index is 11.7. The first-order valence-electron chi connectivity index (χ1n) is 8.08. The van der Waals surface area contributed by atoms with Gasteiger partial charge in [-0.25, -0.2) is 0 Å². The molecule has 0 atom stereocenters. The van der Waals surface area contributed by atoms with E-state index in [2.05, 4.69) is 0 Å². The molecule has 0 unspecified atom stereocenters. The predicted octanol–water partition coefficient (Wildman–Crippen LogP) is 5.35. The topological polar surface area (TPSA) is 30.2 Å². The average Bonchev–Trinajstić information content (AvgIpc) is 3.17. The second-order valence-electron chi connectivity index (χ2n) is 5.43. The van der Waals surface area contributed by atoms with Crippen LogP contribution in [0.15, 0.2) is 101 Å². The van der Waals surface area contributed by atoms with Crippen LogP contribution in [-0.2, 0) is 0 Å². The van der Waals surface area contributed by atoms with Gasteiger partial charge in [0.25, 0.3) is 0 Å². The molecule has 1 aromatic heterocycles. The summed E-state index contributed by atoms with van der Waals surface area (Å²) in [4.78, 5) is 11.7. The van der Waals surface area contributed by atoms with Crippen molar-refractivity contribution in [3.05, 3.63) is 108 Å². The summed E-state index contributed by atoms with van der Waals surface area (Å²) >= 11 is 0. The van der Waals surface area contributed by atoms with Crippen LogP contribution in [0, 0.1) is 0 Å². The molecule has 0 amide bonds. The van der Waals surface area contributed by atoms with Crippen LogP contribution in [0.2, 0.25) is 0 Å². The zero-order valence-electron chi connectivity index (χ0n) is 13.7. The van der Waals surface area contributed by atoms with Crippen LogP contribution >= 0.6 is 0 Å². The molecule has 0 fully saturated rings. The van der Waals surface area contributed by atoms with E-state index in [-0.39, 0.29) is 5.78 Å². The van der Waals surface area contributed by atoms with E-state index in [1.807, 2.05) is 97.0 Å². The van der Waals surface area contributed by atoms with Crippen molar-refractivity contribution in [2.24, 2.45) is 0 Å². The Hall–Kier alpha value is -3.20. The van der Waals surface area contributed by atoms with E-state index in [9.17, 15) is 4.79 Å². The number of fused-ring (bicyclic) bond motifs is 1. The van der Waals surface area contributed by atoms with E-state index >= 15 is 0 Å². The minimum atomic E-state index is 0.0319. The van der Waals surface area contributed by atoms with Crippen molar-refractivity contribution < 1.29 is 9.13 Å². The summed E-state index contributed by atoms with van der Waals surface area (Å²) in [5.74, 6) is 1.99. The number of carbonyl (C=O) groups is 1. The van der Waals surface area contributed by atoms with Gasteiger partial charge in [0.2, 0.25) is 0 Å². The van der Waals surface area contributed by atoms with Crippen LogP contribution in [0.5, 0.6) is 0 Å². The number of ketones is 1. The number of hydrogen-bond acceptors (Lipinski definition) is 2. The van der Waals surface area contributed by atoms with Gasteiger partial charge in [-0.3, -0.25) is 4.79 Å². The second-order valence-corrected chi connectivity index (χ2v) is 5.43. The molecule has 1 heterocycles. The summed E-state index contributed by atoms with van der Waals surface area (Å²) in [6.45, 7) is 0. The summed E-state index contributed by atoms with van der Waals surface area (Å²) in [6.07, 6.45) is 3.43. The fraction of sp³-hybridized carbons (Fsp3) is 0. The Morgan fingerprint density at radius 1 is 0.800 bits per heavy atom. The van der Waals surface area contributed by atoms with E-state index in [1.165, 1.54) is 0 Å². The van der Waals surface area contributed by atoms with E-state index in [0.717, 1.165) is 22.1 Å². The molecule has 0 saturated carbocycles. The van der Waals surface area contributed by atoms with Crippen LogP contribution in [0.25, 0.3) is 17.0 Å². The van der Waals surface area contributed by atoms with E-state index in [0.29, 0.717) is 0 Å². The normalized spacial score (nSPS) is 10.2. The molecular weight excluding hydrogens is 307 g/mol. The maximum absolute atomic E-state index is 11.7. The van der Waals surface area contributed by atoms with Gasteiger partial charge < -0.3 is 0 Å². The number of benzene rings is 3. The summed E-state index contributed by atoms with van der Waals surface area (Å²) in [5, 5.41) is 1.16. The molecular formula is C22H17BO2. The molecule has 0 radical (unpaired) electrons. The number of carbonyl (C=O) groups excluding carboxylic acids is 1. The van der Waals surface area contributed by atoms with Crippen molar-refractivity contribution in [1.29, 1.82) is 0 Å². The van der Waals surface area contributed by atoms with E-state index in [1.54, 1.807) is 13.2 Å². The van der Waals surface area contributed by atoms with Gasteiger partial charge in [-0.15, -0.1) is 0 Å². The average molecular weight is 324 g/mol. The zero-order valence-corrected chi connectivity index (χ0v) is 13.7. The van der Waals surface area contributed by atoms with Gasteiger partial charge >= 0.3 is 52.7 Å². The number of hydrogen-bond donors (Lipinski definition) is 0. The van der Waals surface area contributed by atoms with Crippen molar-refractivity contribution >= 4 is 30.0 Å². The molecule has 3 heteroatoms. The number of allylic oxidation sites excluding steroid dienone is 1. The Morgan fingerprint density at radius 3 is 2.16 bits per heavy atom. The molecule has 25 heavy (non-hydrogen) atoms. The molecule has 120 valence electrons.